The van der Waals surface area contributed by atoms with Crippen molar-refractivity contribution in [3.63, 3.8) is 0 Å². The molecule has 2 nitrogen and oxygen atoms in total. The first-order valence-electron chi connectivity index (χ1n) is 11.1. The third-order valence-electron chi connectivity index (χ3n) is 6.77. The van der Waals surface area contributed by atoms with Crippen LogP contribution in [0.1, 0.15) is 24.0 Å². The van der Waals surface area contributed by atoms with Gasteiger partial charge in [-0.05, 0) is 0 Å². The second kappa shape index (κ2) is 7.11. The zero-order valence-corrected chi connectivity index (χ0v) is 19.5. The van der Waals surface area contributed by atoms with Crippen LogP contribution in [0.25, 0.3) is 30.8 Å². The molecule has 0 spiro atoms. The minimum atomic E-state index is 0.347. The standard InChI is InChI=1S/C27H27N2Se/c1-28(2)20-12-13-21-24(17-20)30-27-22-11-7-15-29-14-6-10-19(26(22)29)16-23(27)25(21)18-8-4-3-5-9-18/h3-5,8-9,12-13,16-17H,6-7,10-11,14-15H2,1-2H3/q+1. The molecule has 150 valence electrons. The summed E-state index contributed by atoms with van der Waals surface area (Å²) in [5, 5.41) is 2.82. The van der Waals surface area contributed by atoms with E-state index in [4.69, 9.17) is 0 Å². The average Bonchev–Trinajstić information content (AvgIpc) is 2.78. The number of nitrogens with zero attached hydrogens (tertiary/aromatic N) is 2. The van der Waals surface area contributed by atoms with Crippen molar-refractivity contribution >= 4 is 29.8 Å². The van der Waals surface area contributed by atoms with E-state index in [0.29, 0.717) is 14.5 Å². The van der Waals surface area contributed by atoms with Crippen LogP contribution in [0, 0.1) is 0 Å². The van der Waals surface area contributed by atoms with Crippen LogP contribution in [0.5, 0.6) is 0 Å². The summed E-state index contributed by atoms with van der Waals surface area (Å²) in [5.41, 5.74) is 9.10. The molecule has 0 fully saturated rings. The number of aryl methyl sites for hydroxylation is 2. The van der Waals surface area contributed by atoms with Crippen LogP contribution in [-0.4, -0.2) is 41.7 Å². The van der Waals surface area contributed by atoms with Crippen LogP contribution < -0.4 is 14.8 Å². The molecule has 0 saturated carbocycles. The molecule has 0 saturated heterocycles. The van der Waals surface area contributed by atoms with Gasteiger partial charge >= 0.3 is 184 Å². The number of hydrogen-bond donors (Lipinski definition) is 0. The Morgan fingerprint density at radius 2 is 1.70 bits per heavy atom. The molecule has 0 bridgehead atoms. The SMILES string of the molecule is C[N+](C)=c1ccc2c(-c3ccccc3)c3cc4c5c(c3[se]c-2c1)CCCN5CCC4. The van der Waals surface area contributed by atoms with Gasteiger partial charge in [-0.15, -0.1) is 0 Å². The summed E-state index contributed by atoms with van der Waals surface area (Å²) < 4.78 is 5.41. The minimum absolute atomic E-state index is 0.347. The summed E-state index contributed by atoms with van der Waals surface area (Å²) in [6, 6.07) is 20.7. The van der Waals surface area contributed by atoms with Crippen LogP contribution in [0.15, 0.2) is 54.6 Å². The molecule has 6 rings (SSSR count). The fraction of sp³-hybridized carbons (Fsp3) is 0.296. The summed E-state index contributed by atoms with van der Waals surface area (Å²) in [6.07, 6.45) is 5.06. The van der Waals surface area contributed by atoms with Crippen molar-refractivity contribution in [2.24, 2.45) is 0 Å². The van der Waals surface area contributed by atoms with Crippen molar-refractivity contribution in [2.75, 3.05) is 32.1 Å². The summed E-state index contributed by atoms with van der Waals surface area (Å²) in [6.45, 7) is 2.48. The van der Waals surface area contributed by atoms with Gasteiger partial charge in [0, 0.05) is 0 Å². The Hall–Kier alpha value is -2.35. The molecule has 30 heavy (non-hydrogen) atoms. The molecule has 3 heteroatoms. The average molecular weight is 458 g/mol. The van der Waals surface area contributed by atoms with Crippen LogP contribution >= 0.6 is 0 Å². The first-order chi connectivity index (χ1) is 14.7. The molecule has 0 unspecified atom stereocenters. The summed E-state index contributed by atoms with van der Waals surface area (Å²) in [7, 11) is 4.29. The predicted octanol–water partition coefficient (Wildman–Crippen LogP) is 4.40. The normalized spacial score (nSPS) is 15.5. The topological polar surface area (TPSA) is 6.25 Å². The van der Waals surface area contributed by atoms with E-state index >= 15 is 0 Å². The number of benzene rings is 3. The zero-order valence-electron chi connectivity index (χ0n) is 17.7. The number of rotatable bonds is 1. The van der Waals surface area contributed by atoms with Gasteiger partial charge in [-0.1, -0.05) is 0 Å². The third kappa shape index (κ3) is 2.80. The van der Waals surface area contributed by atoms with Gasteiger partial charge in [0.15, 0.2) is 0 Å². The summed E-state index contributed by atoms with van der Waals surface area (Å²) in [5.74, 6) is 0. The van der Waals surface area contributed by atoms with Gasteiger partial charge in [0.05, 0.1) is 0 Å². The van der Waals surface area contributed by atoms with Gasteiger partial charge in [0.2, 0.25) is 0 Å². The van der Waals surface area contributed by atoms with E-state index in [0.717, 1.165) is 0 Å². The van der Waals surface area contributed by atoms with Crippen LogP contribution in [0.4, 0.5) is 5.69 Å². The Kier molecular flexibility index (Phi) is 4.37. The zero-order chi connectivity index (χ0) is 20.2. The second-order valence-electron chi connectivity index (χ2n) is 8.85. The van der Waals surface area contributed by atoms with E-state index in [1.54, 1.807) is 21.1 Å². The van der Waals surface area contributed by atoms with E-state index in [2.05, 4.69) is 78.2 Å². The molecule has 0 aromatic heterocycles. The van der Waals surface area contributed by atoms with Gasteiger partial charge in [-0.25, -0.2) is 0 Å². The molecular formula is C27H27N2Se+. The van der Waals surface area contributed by atoms with Gasteiger partial charge in [-0.2, -0.15) is 0 Å². The van der Waals surface area contributed by atoms with E-state index in [1.807, 2.05) is 0 Å². The fourth-order valence-corrected chi connectivity index (χ4v) is 8.05. The number of hydrogen-bond acceptors (Lipinski definition) is 1. The quantitative estimate of drug-likeness (QED) is 0.233. The molecule has 4 aliphatic rings. The molecule has 2 aromatic rings. The fourth-order valence-electron chi connectivity index (χ4n) is 5.38. The molecule has 3 heterocycles. The molecule has 0 N–H and O–H groups in total. The Morgan fingerprint density at radius 3 is 2.50 bits per heavy atom. The second-order valence-corrected chi connectivity index (χ2v) is 11.1. The predicted molar refractivity (Wildman–Crippen MR) is 129 cm³/mol. The summed E-state index contributed by atoms with van der Waals surface area (Å²) in [4.78, 5) is 2.68. The Labute approximate surface area is 184 Å². The third-order valence-corrected chi connectivity index (χ3v) is 9.34. The van der Waals surface area contributed by atoms with Crippen LogP contribution in [0.3, 0.4) is 0 Å². The first-order valence-corrected chi connectivity index (χ1v) is 12.8. The monoisotopic (exact) mass is 459 g/mol. The van der Waals surface area contributed by atoms with Crippen molar-refractivity contribution in [2.45, 2.75) is 25.7 Å². The van der Waals surface area contributed by atoms with Gasteiger partial charge in [0.25, 0.3) is 0 Å². The molecule has 0 amide bonds. The van der Waals surface area contributed by atoms with Gasteiger partial charge < -0.3 is 0 Å². The van der Waals surface area contributed by atoms with Crippen molar-refractivity contribution in [1.82, 2.24) is 4.58 Å². The molecule has 0 atom stereocenters. The Balaban J connectivity index is 1.80. The molecular weight excluding hydrogens is 431 g/mol. The molecule has 2 aromatic carbocycles. The van der Waals surface area contributed by atoms with E-state index in [-0.39, 0.29) is 0 Å². The van der Waals surface area contributed by atoms with Crippen molar-refractivity contribution in [3.8, 4) is 21.1 Å². The summed E-state index contributed by atoms with van der Waals surface area (Å²) >= 11 is 0.347. The van der Waals surface area contributed by atoms with Crippen molar-refractivity contribution in [3.05, 3.63) is 71.1 Å². The molecule has 0 radical (unpaired) electrons. The van der Waals surface area contributed by atoms with Gasteiger partial charge in [-0.3, -0.25) is 0 Å². The Morgan fingerprint density at radius 1 is 0.900 bits per heavy atom. The van der Waals surface area contributed by atoms with Crippen LogP contribution in [0.2, 0.25) is 0 Å². The van der Waals surface area contributed by atoms with E-state index in [9.17, 15) is 0 Å². The van der Waals surface area contributed by atoms with Crippen molar-refractivity contribution < 1.29 is 0 Å². The maximum atomic E-state index is 2.68. The number of anilines is 1. The first kappa shape index (κ1) is 18.4. The number of fused-ring (bicyclic) bond motifs is 3. The maximum absolute atomic E-state index is 2.68. The van der Waals surface area contributed by atoms with E-state index in [1.165, 1.54) is 70.6 Å². The van der Waals surface area contributed by atoms with Crippen LogP contribution in [-0.2, 0) is 12.8 Å². The van der Waals surface area contributed by atoms with E-state index < -0.39 is 0 Å². The molecule has 1 aliphatic carbocycles. The van der Waals surface area contributed by atoms with Crippen molar-refractivity contribution in [1.29, 1.82) is 0 Å². The Bertz CT molecular complexity index is 1310. The molecule has 3 aliphatic heterocycles. The van der Waals surface area contributed by atoms with Gasteiger partial charge in [0.1, 0.15) is 0 Å².